The van der Waals surface area contributed by atoms with Crippen LogP contribution in [0.25, 0.3) is 0 Å². The number of aliphatic imine (C=N–C) groups is 1. The number of carbonyl (C=O) groups excluding carboxylic acids is 1. The van der Waals surface area contributed by atoms with E-state index in [1.165, 1.54) is 0 Å². The fraction of sp³-hybridized carbons (Fsp3) is 0.385. The predicted octanol–water partition coefficient (Wildman–Crippen LogP) is -0.666. The molecule has 1 atom stereocenters. The molecule has 0 bridgehead atoms. The molecule has 0 aliphatic heterocycles. The quantitative estimate of drug-likeness (QED) is 0.235. The molecule has 0 aromatic carbocycles. The van der Waals surface area contributed by atoms with E-state index in [1.807, 2.05) is 4.98 Å². The van der Waals surface area contributed by atoms with Crippen LogP contribution in [-0.2, 0) is 20.8 Å². The molecule has 1 aromatic heterocycles. The Kier molecular flexibility index (Phi) is 6.94. The Morgan fingerprint density at radius 1 is 1.52 bits per heavy atom. The Morgan fingerprint density at radius 3 is 2.80 bits per heavy atom. The van der Waals surface area contributed by atoms with Gasteiger partial charge < -0.3 is 14.6 Å². The second kappa shape index (κ2) is 8.69. The van der Waals surface area contributed by atoms with Crippen molar-refractivity contribution in [3.05, 3.63) is 32.6 Å². The number of rotatable bonds is 5. The SMILES string of the molecule is CC(=O)OC(O)Cn1cc(C#CCN=COC(F)(F)F)c(=O)[nH]c1=O. The molecule has 0 fully saturated rings. The second-order valence-electron chi connectivity index (χ2n) is 4.33. The van der Waals surface area contributed by atoms with Crippen LogP contribution in [0.4, 0.5) is 13.2 Å². The molecular formula is C13H12F3N3O6. The van der Waals surface area contributed by atoms with Crippen LogP contribution >= 0.6 is 0 Å². The number of nitrogens with zero attached hydrogens (tertiary/aromatic N) is 2. The van der Waals surface area contributed by atoms with Crippen LogP contribution in [0.3, 0.4) is 0 Å². The van der Waals surface area contributed by atoms with Crippen molar-refractivity contribution in [2.24, 2.45) is 4.99 Å². The smallest absolute Gasteiger partial charge is 0.434 e. The van der Waals surface area contributed by atoms with Gasteiger partial charge in [0.2, 0.25) is 6.29 Å². The van der Waals surface area contributed by atoms with Crippen molar-refractivity contribution in [3.63, 3.8) is 0 Å². The molecule has 1 unspecified atom stereocenters. The molecule has 0 radical (unpaired) electrons. The minimum Gasteiger partial charge on any atom is -0.434 e. The third kappa shape index (κ3) is 7.84. The van der Waals surface area contributed by atoms with Crippen LogP contribution in [0.15, 0.2) is 20.8 Å². The number of H-pyrrole nitrogens is 1. The molecule has 1 aromatic rings. The summed E-state index contributed by atoms with van der Waals surface area (Å²) in [6.07, 6.45) is -5.32. The van der Waals surface area contributed by atoms with Gasteiger partial charge in [0.15, 0.2) is 6.40 Å². The highest BCUT2D eigenvalue weighted by Gasteiger charge is 2.29. The number of esters is 1. The first-order valence-corrected chi connectivity index (χ1v) is 6.49. The molecule has 0 aliphatic carbocycles. The number of aromatic amines is 1. The molecule has 1 rings (SSSR count). The number of ether oxygens (including phenoxy) is 2. The molecule has 1 heterocycles. The van der Waals surface area contributed by atoms with Crippen molar-refractivity contribution in [1.29, 1.82) is 0 Å². The number of hydrogen-bond donors (Lipinski definition) is 2. The number of aliphatic hydroxyl groups excluding tert-OH is 1. The molecule has 0 saturated heterocycles. The summed E-state index contributed by atoms with van der Waals surface area (Å²) < 4.78 is 43.6. The molecule has 136 valence electrons. The van der Waals surface area contributed by atoms with Gasteiger partial charge in [-0.05, 0) is 0 Å². The van der Waals surface area contributed by atoms with Gasteiger partial charge in [-0.2, -0.15) is 0 Å². The third-order valence-electron chi connectivity index (χ3n) is 2.32. The van der Waals surface area contributed by atoms with Gasteiger partial charge in [-0.1, -0.05) is 11.8 Å². The predicted molar refractivity (Wildman–Crippen MR) is 76.5 cm³/mol. The van der Waals surface area contributed by atoms with Crippen molar-refractivity contribution in [3.8, 4) is 11.8 Å². The Hall–Kier alpha value is -3.07. The first-order chi connectivity index (χ1) is 11.6. The zero-order chi connectivity index (χ0) is 19.0. The summed E-state index contributed by atoms with van der Waals surface area (Å²) in [5.41, 5.74) is -1.92. The van der Waals surface area contributed by atoms with Gasteiger partial charge in [0.05, 0.1) is 6.54 Å². The van der Waals surface area contributed by atoms with E-state index in [-0.39, 0.29) is 12.0 Å². The summed E-state index contributed by atoms with van der Waals surface area (Å²) in [5, 5.41) is 9.44. The van der Waals surface area contributed by atoms with E-state index >= 15 is 0 Å². The Balaban J connectivity index is 2.83. The van der Waals surface area contributed by atoms with Gasteiger partial charge in [-0.3, -0.25) is 19.1 Å². The van der Waals surface area contributed by atoms with Crippen molar-refractivity contribution < 1.29 is 32.5 Å². The normalized spacial score (nSPS) is 12.4. The van der Waals surface area contributed by atoms with E-state index in [1.54, 1.807) is 0 Å². The highest BCUT2D eigenvalue weighted by molar-refractivity contribution is 5.65. The maximum absolute atomic E-state index is 11.7. The van der Waals surface area contributed by atoms with Crippen molar-refractivity contribution in [2.45, 2.75) is 26.1 Å². The number of halogens is 3. The Labute approximate surface area is 137 Å². The largest absolute Gasteiger partial charge is 0.573 e. The summed E-state index contributed by atoms with van der Waals surface area (Å²) in [5.74, 6) is 3.81. The summed E-state index contributed by atoms with van der Waals surface area (Å²) in [6.45, 7) is 0.199. The molecular weight excluding hydrogens is 351 g/mol. The first-order valence-electron chi connectivity index (χ1n) is 6.49. The van der Waals surface area contributed by atoms with E-state index in [2.05, 4.69) is 26.3 Å². The molecule has 25 heavy (non-hydrogen) atoms. The summed E-state index contributed by atoms with van der Waals surface area (Å²) >= 11 is 0. The second-order valence-corrected chi connectivity index (χ2v) is 4.33. The zero-order valence-corrected chi connectivity index (χ0v) is 12.7. The average Bonchev–Trinajstić information content (AvgIpc) is 2.45. The first kappa shape index (κ1) is 20.0. The maximum Gasteiger partial charge on any atom is 0.573 e. The lowest BCUT2D eigenvalue weighted by Crippen LogP contribution is -2.35. The summed E-state index contributed by atoms with van der Waals surface area (Å²) in [4.78, 5) is 39.0. The highest BCUT2D eigenvalue weighted by Crippen LogP contribution is 2.14. The van der Waals surface area contributed by atoms with Gasteiger partial charge in [-0.15, -0.1) is 13.2 Å². The molecule has 0 spiro atoms. The minimum absolute atomic E-state index is 0.162. The van der Waals surface area contributed by atoms with Gasteiger partial charge in [0.1, 0.15) is 12.1 Å². The number of aliphatic hydroxyl groups is 1. The fourth-order valence-electron chi connectivity index (χ4n) is 1.45. The topological polar surface area (TPSA) is 123 Å². The molecule has 9 nitrogen and oxygen atoms in total. The number of carbonyl (C=O) groups is 1. The summed E-state index contributed by atoms with van der Waals surface area (Å²) in [6, 6.07) is 0. The van der Waals surface area contributed by atoms with Crippen molar-refractivity contribution in [2.75, 3.05) is 6.54 Å². The highest BCUT2D eigenvalue weighted by atomic mass is 19.4. The molecule has 0 aliphatic rings. The number of alkyl halides is 3. The van der Waals surface area contributed by atoms with E-state index in [4.69, 9.17) is 0 Å². The van der Waals surface area contributed by atoms with Gasteiger partial charge in [-0.25, -0.2) is 9.79 Å². The summed E-state index contributed by atoms with van der Waals surface area (Å²) in [7, 11) is 0. The zero-order valence-electron chi connectivity index (χ0n) is 12.7. The lowest BCUT2D eigenvalue weighted by Gasteiger charge is -2.12. The van der Waals surface area contributed by atoms with E-state index in [0.29, 0.717) is 0 Å². The minimum atomic E-state index is -4.85. The molecule has 0 amide bonds. The molecule has 2 N–H and O–H groups in total. The number of aromatic nitrogens is 2. The van der Waals surface area contributed by atoms with Crippen LogP contribution in [-0.4, -0.2) is 46.2 Å². The van der Waals surface area contributed by atoms with Crippen LogP contribution in [0.1, 0.15) is 12.5 Å². The van der Waals surface area contributed by atoms with Gasteiger partial charge in [0, 0.05) is 13.1 Å². The lowest BCUT2D eigenvalue weighted by molar-refractivity contribution is -0.280. The fourth-order valence-corrected chi connectivity index (χ4v) is 1.45. The number of nitrogens with one attached hydrogen (secondary N) is 1. The monoisotopic (exact) mass is 363 g/mol. The van der Waals surface area contributed by atoms with Gasteiger partial charge in [0.25, 0.3) is 5.56 Å². The van der Waals surface area contributed by atoms with Crippen molar-refractivity contribution in [1.82, 2.24) is 9.55 Å². The maximum atomic E-state index is 11.7. The van der Waals surface area contributed by atoms with Crippen LogP contribution in [0.2, 0.25) is 0 Å². The standard InChI is InChI=1S/C13H12F3N3O6/c1-8(20)25-10(21)6-19-5-9(11(22)18-12(19)23)3-2-4-17-7-24-13(14,15)16/h5,7,10,21H,4,6H2,1H3,(H,18,22,23). The van der Waals surface area contributed by atoms with E-state index < -0.39 is 43.0 Å². The van der Waals surface area contributed by atoms with Crippen molar-refractivity contribution >= 4 is 12.4 Å². The van der Waals surface area contributed by atoms with Crippen LogP contribution in [0.5, 0.6) is 0 Å². The van der Waals surface area contributed by atoms with Gasteiger partial charge >= 0.3 is 18.0 Å². The Bertz CT molecular complexity index is 815. The molecule has 0 saturated carbocycles. The van der Waals surface area contributed by atoms with E-state index in [9.17, 15) is 32.7 Å². The van der Waals surface area contributed by atoms with Crippen LogP contribution in [0, 0.1) is 11.8 Å². The van der Waals surface area contributed by atoms with E-state index in [0.717, 1.165) is 17.7 Å². The number of hydrogen-bond acceptors (Lipinski definition) is 7. The average molecular weight is 363 g/mol. The molecule has 12 heteroatoms. The third-order valence-corrected chi connectivity index (χ3v) is 2.32. The Morgan fingerprint density at radius 2 is 2.20 bits per heavy atom. The van der Waals surface area contributed by atoms with Crippen LogP contribution < -0.4 is 11.2 Å². The lowest BCUT2D eigenvalue weighted by atomic mass is 10.3.